The van der Waals surface area contributed by atoms with Crippen LogP contribution in [-0.2, 0) is 0 Å². The Kier molecular flexibility index (Phi) is 9.11. The van der Waals surface area contributed by atoms with E-state index in [0.29, 0.717) is 0 Å². The lowest BCUT2D eigenvalue weighted by Gasteiger charge is -2.15. The Labute approximate surface area is 286 Å². The highest BCUT2D eigenvalue weighted by Gasteiger charge is 2.12. The molecule has 5 N–H and O–H groups in total. The first-order valence-electron chi connectivity index (χ1n) is 17.4. The van der Waals surface area contributed by atoms with Gasteiger partial charge in [0.05, 0.1) is 33.4 Å². The maximum atomic E-state index is 5.05. The van der Waals surface area contributed by atoms with Crippen LogP contribution in [0.3, 0.4) is 0 Å². The molecule has 2 heterocycles. The van der Waals surface area contributed by atoms with E-state index in [1.54, 1.807) is 0 Å². The highest BCUT2D eigenvalue weighted by Crippen LogP contribution is 2.35. The molecule has 0 aliphatic carbocycles. The van der Waals surface area contributed by atoms with Gasteiger partial charge in [0.15, 0.2) is 0 Å². The van der Waals surface area contributed by atoms with Crippen LogP contribution in [0.25, 0.3) is 65.2 Å². The number of benzene rings is 6. The quantitative estimate of drug-likeness (QED) is 0.0472. The Morgan fingerprint density at radius 1 is 0.327 bits per heavy atom. The van der Waals surface area contributed by atoms with E-state index in [-0.39, 0.29) is 0 Å². The molecular formula is C42H41N7. The summed E-state index contributed by atoms with van der Waals surface area (Å²) in [5, 5.41) is 27.6. The molecular weight excluding hydrogens is 603 g/mol. The van der Waals surface area contributed by atoms with Gasteiger partial charge in [-0.15, -0.1) is 0 Å². The van der Waals surface area contributed by atoms with Gasteiger partial charge < -0.3 is 26.6 Å². The predicted molar refractivity (Wildman–Crippen MR) is 209 cm³/mol. The van der Waals surface area contributed by atoms with Gasteiger partial charge in [0.25, 0.3) is 0 Å². The summed E-state index contributed by atoms with van der Waals surface area (Å²) in [6.07, 6.45) is 0. The molecule has 7 heteroatoms. The standard InChI is InChI=1S/C42H41N7/c1-3-11-31-29(9-1)17-19-35-39(33-13-5-7-15-37(33)48-41(31)35)46-27-25-44-23-21-43-22-24-45-26-28-47-40-34-14-6-8-16-38(34)49-42-32-12-4-2-10-30(32)18-20-36(40)42/h1-20,43-45H,21-28H2,(H,46,48)(H,47,49). The van der Waals surface area contributed by atoms with Gasteiger partial charge in [0.2, 0.25) is 0 Å². The molecule has 0 fully saturated rings. The molecule has 0 aliphatic rings. The third-order valence-corrected chi connectivity index (χ3v) is 9.32. The number of rotatable bonds is 14. The molecule has 7 nitrogen and oxygen atoms in total. The zero-order chi connectivity index (χ0) is 32.8. The van der Waals surface area contributed by atoms with Crippen molar-refractivity contribution in [3.8, 4) is 0 Å². The van der Waals surface area contributed by atoms with Gasteiger partial charge in [0, 0.05) is 84.7 Å². The minimum Gasteiger partial charge on any atom is -0.383 e. The molecule has 0 atom stereocenters. The van der Waals surface area contributed by atoms with E-state index in [2.05, 4.69) is 148 Å². The number of para-hydroxylation sites is 2. The van der Waals surface area contributed by atoms with Gasteiger partial charge in [-0.2, -0.15) is 0 Å². The summed E-state index contributed by atoms with van der Waals surface area (Å²) < 4.78 is 0. The number of pyridine rings is 2. The van der Waals surface area contributed by atoms with Crippen LogP contribution in [0, 0.1) is 0 Å². The Balaban J connectivity index is 0.780. The highest BCUT2D eigenvalue weighted by atomic mass is 15.0. The third kappa shape index (κ3) is 6.44. The summed E-state index contributed by atoms with van der Waals surface area (Å²) in [5.74, 6) is 0. The fourth-order valence-electron chi connectivity index (χ4n) is 6.91. The van der Waals surface area contributed by atoms with E-state index in [9.17, 15) is 0 Å². The number of hydrogen-bond donors (Lipinski definition) is 5. The van der Waals surface area contributed by atoms with Crippen LogP contribution in [-0.4, -0.2) is 62.3 Å². The van der Waals surface area contributed by atoms with Crippen LogP contribution < -0.4 is 26.6 Å². The van der Waals surface area contributed by atoms with Gasteiger partial charge in [-0.05, 0) is 22.9 Å². The highest BCUT2D eigenvalue weighted by molar-refractivity contribution is 6.17. The van der Waals surface area contributed by atoms with Crippen LogP contribution in [0.2, 0.25) is 0 Å². The number of nitrogens with zero attached hydrogens (tertiary/aromatic N) is 2. The smallest absolute Gasteiger partial charge is 0.0808 e. The van der Waals surface area contributed by atoms with Gasteiger partial charge in [-0.3, -0.25) is 0 Å². The molecule has 0 saturated heterocycles. The zero-order valence-corrected chi connectivity index (χ0v) is 27.6. The molecule has 244 valence electrons. The summed E-state index contributed by atoms with van der Waals surface area (Å²) in [6, 6.07) is 42.6. The predicted octanol–water partition coefficient (Wildman–Crippen LogP) is 7.69. The van der Waals surface area contributed by atoms with Crippen molar-refractivity contribution >= 4 is 76.5 Å². The van der Waals surface area contributed by atoms with Gasteiger partial charge in [-0.25, -0.2) is 9.97 Å². The lowest BCUT2D eigenvalue weighted by molar-refractivity contribution is 0.590. The van der Waals surface area contributed by atoms with E-state index >= 15 is 0 Å². The second-order valence-corrected chi connectivity index (χ2v) is 12.5. The van der Waals surface area contributed by atoms with Crippen molar-refractivity contribution in [3.05, 3.63) is 121 Å². The van der Waals surface area contributed by atoms with Crippen molar-refractivity contribution in [2.45, 2.75) is 0 Å². The Hall–Kier alpha value is -5.34. The van der Waals surface area contributed by atoms with Crippen LogP contribution in [0.1, 0.15) is 0 Å². The summed E-state index contributed by atoms with van der Waals surface area (Å²) in [6.45, 7) is 7.12. The largest absolute Gasteiger partial charge is 0.383 e. The molecule has 0 aliphatic heterocycles. The fourth-order valence-corrected chi connectivity index (χ4v) is 6.91. The first-order chi connectivity index (χ1) is 24.3. The Bertz CT molecular complexity index is 2240. The van der Waals surface area contributed by atoms with Crippen LogP contribution in [0.15, 0.2) is 121 Å². The minimum absolute atomic E-state index is 0.836. The fraction of sp³-hybridized carbons (Fsp3) is 0.190. The van der Waals surface area contributed by atoms with Crippen LogP contribution >= 0.6 is 0 Å². The molecule has 0 radical (unpaired) electrons. The van der Waals surface area contributed by atoms with E-state index in [1.165, 1.54) is 21.5 Å². The molecule has 6 aromatic carbocycles. The molecule has 0 amide bonds. The number of anilines is 2. The number of aromatic nitrogens is 2. The summed E-state index contributed by atoms with van der Waals surface area (Å²) >= 11 is 0. The summed E-state index contributed by atoms with van der Waals surface area (Å²) in [7, 11) is 0. The van der Waals surface area contributed by atoms with Crippen molar-refractivity contribution in [2.24, 2.45) is 0 Å². The molecule has 0 bridgehead atoms. The minimum atomic E-state index is 0.836. The molecule has 8 rings (SSSR count). The van der Waals surface area contributed by atoms with Crippen molar-refractivity contribution in [2.75, 3.05) is 63.0 Å². The number of hydrogen-bond acceptors (Lipinski definition) is 7. The van der Waals surface area contributed by atoms with Crippen molar-refractivity contribution < 1.29 is 0 Å². The van der Waals surface area contributed by atoms with E-state index in [4.69, 9.17) is 9.97 Å². The van der Waals surface area contributed by atoms with Crippen LogP contribution in [0.4, 0.5) is 11.4 Å². The lowest BCUT2D eigenvalue weighted by Crippen LogP contribution is -2.35. The zero-order valence-electron chi connectivity index (χ0n) is 27.6. The Morgan fingerprint density at radius 3 is 1.14 bits per heavy atom. The molecule has 0 spiro atoms. The van der Waals surface area contributed by atoms with Gasteiger partial charge >= 0.3 is 0 Å². The van der Waals surface area contributed by atoms with Crippen LogP contribution in [0.5, 0.6) is 0 Å². The maximum absolute atomic E-state index is 5.05. The second kappa shape index (κ2) is 14.4. The average molecular weight is 644 g/mol. The molecule has 0 saturated carbocycles. The Morgan fingerprint density at radius 2 is 0.694 bits per heavy atom. The van der Waals surface area contributed by atoms with E-state index in [1.807, 2.05) is 0 Å². The number of fused-ring (bicyclic) bond motifs is 8. The molecule has 8 aromatic rings. The first-order valence-corrected chi connectivity index (χ1v) is 17.4. The molecule has 2 aromatic heterocycles. The van der Waals surface area contributed by atoms with Crippen molar-refractivity contribution in [3.63, 3.8) is 0 Å². The monoisotopic (exact) mass is 643 g/mol. The van der Waals surface area contributed by atoms with Crippen molar-refractivity contribution in [1.82, 2.24) is 25.9 Å². The molecule has 49 heavy (non-hydrogen) atoms. The second-order valence-electron chi connectivity index (χ2n) is 12.5. The maximum Gasteiger partial charge on any atom is 0.0808 e. The lowest BCUT2D eigenvalue weighted by atomic mass is 10.0. The SMILES string of the molecule is c1ccc2c(c1)ccc1c(NCCNCCNCCNCCNc3c4ccccc4nc4c3ccc3ccccc34)c3ccccc3nc12. The van der Waals surface area contributed by atoms with Gasteiger partial charge in [-0.1, -0.05) is 109 Å². The summed E-state index contributed by atoms with van der Waals surface area (Å²) in [5.41, 5.74) is 6.45. The van der Waals surface area contributed by atoms with E-state index in [0.717, 1.165) is 107 Å². The van der Waals surface area contributed by atoms with Crippen molar-refractivity contribution in [1.29, 1.82) is 0 Å². The topological polar surface area (TPSA) is 85.9 Å². The van der Waals surface area contributed by atoms with E-state index < -0.39 is 0 Å². The average Bonchev–Trinajstić information content (AvgIpc) is 3.15. The number of nitrogens with one attached hydrogen (secondary N) is 5. The first kappa shape index (κ1) is 31.0. The molecule has 0 unspecified atom stereocenters. The normalized spacial score (nSPS) is 11.8. The summed E-state index contributed by atoms with van der Waals surface area (Å²) in [4.78, 5) is 10.1. The van der Waals surface area contributed by atoms with Gasteiger partial charge in [0.1, 0.15) is 0 Å². The third-order valence-electron chi connectivity index (χ3n) is 9.32.